The third-order valence-electron chi connectivity index (χ3n) is 2.91. The zero-order valence-electron chi connectivity index (χ0n) is 8.53. The van der Waals surface area contributed by atoms with Crippen LogP contribution in [0.2, 0.25) is 0 Å². The van der Waals surface area contributed by atoms with Crippen LogP contribution in [-0.2, 0) is 0 Å². The summed E-state index contributed by atoms with van der Waals surface area (Å²) in [5, 5.41) is 0. The summed E-state index contributed by atoms with van der Waals surface area (Å²) in [4.78, 5) is 4.01. The largest absolute Gasteiger partial charge is 0.489 e. The van der Waals surface area contributed by atoms with Crippen LogP contribution in [0.4, 0.5) is 0 Å². The third-order valence-corrected chi connectivity index (χ3v) is 3.50. The predicted molar refractivity (Wildman–Crippen MR) is 62.7 cm³/mol. The first kappa shape index (κ1) is 10.9. The first-order chi connectivity index (χ1) is 7.31. The maximum Gasteiger partial charge on any atom is 0.137 e. The topological polar surface area (TPSA) is 48.1 Å². The molecule has 2 N–H and O–H groups in total. The number of nitrogens with two attached hydrogens (primary N) is 1. The van der Waals surface area contributed by atoms with E-state index in [-0.39, 0.29) is 6.10 Å². The van der Waals surface area contributed by atoms with E-state index in [0.717, 1.165) is 16.6 Å². The summed E-state index contributed by atoms with van der Waals surface area (Å²) < 4.78 is 6.85. The smallest absolute Gasteiger partial charge is 0.137 e. The molecule has 15 heavy (non-hydrogen) atoms. The summed E-state index contributed by atoms with van der Waals surface area (Å²) in [5.74, 6) is 1.38. The second-order valence-corrected chi connectivity index (χ2v) is 4.74. The van der Waals surface area contributed by atoms with Crippen LogP contribution >= 0.6 is 15.9 Å². The molecule has 0 spiro atoms. The monoisotopic (exact) mass is 270 g/mol. The Hall–Kier alpha value is -0.610. The molecule has 1 saturated carbocycles. The van der Waals surface area contributed by atoms with Gasteiger partial charge < -0.3 is 10.5 Å². The lowest BCUT2D eigenvalue weighted by atomic mass is 10.1. The van der Waals surface area contributed by atoms with Crippen molar-refractivity contribution in [2.45, 2.75) is 25.4 Å². The Morgan fingerprint density at radius 3 is 3.13 bits per heavy atom. The lowest BCUT2D eigenvalue weighted by Gasteiger charge is -2.20. The molecule has 2 atom stereocenters. The van der Waals surface area contributed by atoms with Crippen LogP contribution in [0.25, 0.3) is 0 Å². The molecule has 1 aliphatic carbocycles. The van der Waals surface area contributed by atoms with Crippen LogP contribution in [0.5, 0.6) is 5.75 Å². The second kappa shape index (κ2) is 4.94. The SMILES string of the molecule is NCC1CCCC1Oc1ccncc1Br. The molecule has 0 radical (unpaired) electrons. The fourth-order valence-electron chi connectivity index (χ4n) is 2.05. The highest BCUT2D eigenvalue weighted by atomic mass is 79.9. The Bertz CT molecular complexity index is 332. The molecular weight excluding hydrogens is 256 g/mol. The van der Waals surface area contributed by atoms with Crippen molar-refractivity contribution in [2.75, 3.05) is 6.54 Å². The van der Waals surface area contributed by atoms with Gasteiger partial charge in [-0.05, 0) is 47.8 Å². The molecule has 0 bridgehead atoms. The van der Waals surface area contributed by atoms with Crippen molar-refractivity contribution >= 4 is 15.9 Å². The number of nitrogens with zero attached hydrogens (tertiary/aromatic N) is 1. The van der Waals surface area contributed by atoms with Gasteiger partial charge in [-0.25, -0.2) is 0 Å². The van der Waals surface area contributed by atoms with Crippen molar-refractivity contribution < 1.29 is 4.74 Å². The zero-order chi connectivity index (χ0) is 10.7. The summed E-state index contributed by atoms with van der Waals surface area (Å²) in [6.07, 6.45) is 7.28. The maximum absolute atomic E-state index is 5.94. The van der Waals surface area contributed by atoms with Crippen LogP contribution in [0.15, 0.2) is 22.9 Å². The molecule has 1 aromatic heterocycles. The third kappa shape index (κ3) is 2.49. The first-order valence-electron chi connectivity index (χ1n) is 5.27. The van der Waals surface area contributed by atoms with E-state index in [2.05, 4.69) is 20.9 Å². The van der Waals surface area contributed by atoms with Gasteiger partial charge in [0.15, 0.2) is 0 Å². The quantitative estimate of drug-likeness (QED) is 0.918. The van der Waals surface area contributed by atoms with Gasteiger partial charge in [0, 0.05) is 18.3 Å². The van der Waals surface area contributed by atoms with Crippen LogP contribution in [0.3, 0.4) is 0 Å². The first-order valence-corrected chi connectivity index (χ1v) is 6.07. The van der Waals surface area contributed by atoms with Crippen molar-refractivity contribution in [2.24, 2.45) is 11.7 Å². The molecule has 0 amide bonds. The van der Waals surface area contributed by atoms with Crippen LogP contribution in [0.1, 0.15) is 19.3 Å². The highest BCUT2D eigenvalue weighted by Crippen LogP contribution is 2.31. The highest BCUT2D eigenvalue weighted by molar-refractivity contribution is 9.10. The number of aromatic nitrogens is 1. The molecule has 1 aromatic rings. The van der Waals surface area contributed by atoms with Crippen LogP contribution in [-0.4, -0.2) is 17.6 Å². The van der Waals surface area contributed by atoms with Crippen LogP contribution in [0, 0.1) is 5.92 Å². The molecule has 0 aromatic carbocycles. The Morgan fingerprint density at radius 1 is 1.53 bits per heavy atom. The molecule has 1 heterocycles. The Kier molecular flexibility index (Phi) is 3.59. The van der Waals surface area contributed by atoms with Gasteiger partial charge >= 0.3 is 0 Å². The molecule has 2 rings (SSSR count). The van der Waals surface area contributed by atoms with E-state index in [4.69, 9.17) is 10.5 Å². The summed E-state index contributed by atoms with van der Waals surface area (Å²) in [6, 6.07) is 1.88. The summed E-state index contributed by atoms with van der Waals surface area (Å²) in [7, 11) is 0. The Balaban J connectivity index is 2.05. The average Bonchev–Trinajstić information content (AvgIpc) is 2.69. The lowest BCUT2D eigenvalue weighted by Crippen LogP contribution is -2.27. The Morgan fingerprint density at radius 2 is 2.40 bits per heavy atom. The fraction of sp³-hybridized carbons (Fsp3) is 0.545. The van der Waals surface area contributed by atoms with Crippen molar-refractivity contribution in [3.05, 3.63) is 22.9 Å². The minimum absolute atomic E-state index is 0.272. The van der Waals surface area contributed by atoms with Gasteiger partial charge in [-0.2, -0.15) is 0 Å². The van der Waals surface area contributed by atoms with E-state index in [1.165, 1.54) is 12.8 Å². The molecule has 1 fully saturated rings. The number of hydrogen-bond donors (Lipinski definition) is 1. The van der Waals surface area contributed by atoms with E-state index in [0.29, 0.717) is 12.5 Å². The molecule has 1 aliphatic rings. The van der Waals surface area contributed by atoms with Gasteiger partial charge in [-0.1, -0.05) is 0 Å². The van der Waals surface area contributed by atoms with Gasteiger partial charge in [-0.3, -0.25) is 4.98 Å². The van der Waals surface area contributed by atoms with Crippen molar-refractivity contribution in [1.82, 2.24) is 4.98 Å². The minimum atomic E-state index is 0.272. The van der Waals surface area contributed by atoms with Crippen molar-refractivity contribution in [1.29, 1.82) is 0 Å². The van der Waals surface area contributed by atoms with E-state index in [9.17, 15) is 0 Å². The zero-order valence-corrected chi connectivity index (χ0v) is 10.1. The number of halogens is 1. The van der Waals surface area contributed by atoms with Gasteiger partial charge in [0.25, 0.3) is 0 Å². The van der Waals surface area contributed by atoms with E-state index in [1.807, 2.05) is 6.07 Å². The van der Waals surface area contributed by atoms with E-state index >= 15 is 0 Å². The molecular formula is C11H15BrN2O. The molecule has 4 heteroatoms. The predicted octanol–water partition coefficient (Wildman–Crippen LogP) is 2.35. The fourth-order valence-corrected chi connectivity index (χ4v) is 2.39. The van der Waals surface area contributed by atoms with E-state index in [1.54, 1.807) is 12.4 Å². The van der Waals surface area contributed by atoms with Gasteiger partial charge in [0.1, 0.15) is 11.9 Å². The van der Waals surface area contributed by atoms with Gasteiger partial charge in [0.2, 0.25) is 0 Å². The van der Waals surface area contributed by atoms with Gasteiger partial charge in [-0.15, -0.1) is 0 Å². The maximum atomic E-state index is 5.94. The Labute approximate surface area is 98.2 Å². The molecule has 82 valence electrons. The number of hydrogen-bond acceptors (Lipinski definition) is 3. The van der Waals surface area contributed by atoms with Gasteiger partial charge in [0.05, 0.1) is 4.47 Å². The standard InChI is InChI=1S/C11H15BrN2O/c12-9-7-14-5-4-11(9)15-10-3-1-2-8(10)6-13/h4-5,7-8,10H,1-3,6,13H2. The molecule has 2 unspecified atom stereocenters. The number of pyridine rings is 1. The number of rotatable bonds is 3. The minimum Gasteiger partial charge on any atom is -0.489 e. The van der Waals surface area contributed by atoms with Crippen molar-refractivity contribution in [3.63, 3.8) is 0 Å². The lowest BCUT2D eigenvalue weighted by molar-refractivity contribution is 0.161. The highest BCUT2D eigenvalue weighted by Gasteiger charge is 2.28. The summed E-state index contributed by atoms with van der Waals surface area (Å²) in [6.45, 7) is 0.716. The molecule has 0 aliphatic heterocycles. The summed E-state index contributed by atoms with van der Waals surface area (Å²) >= 11 is 3.43. The van der Waals surface area contributed by atoms with Crippen LogP contribution < -0.4 is 10.5 Å². The second-order valence-electron chi connectivity index (χ2n) is 3.89. The normalized spacial score (nSPS) is 25.5. The average molecular weight is 271 g/mol. The van der Waals surface area contributed by atoms with E-state index < -0.39 is 0 Å². The van der Waals surface area contributed by atoms with Crippen molar-refractivity contribution in [3.8, 4) is 5.75 Å². The molecule has 0 saturated heterocycles. The molecule has 3 nitrogen and oxygen atoms in total. The summed E-state index contributed by atoms with van der Waals surface area (Å²) in [5.41, 5.74) is 5.71. The number of ether oxygens (including phenoxy) is 1.